The molecule has 1 aromatic carbocycles. The number of nitrogens with one attached hydrogen (secondary N) is 1. The standard InChI is InChI=1S/C13H19BrN2/c14-12-3-1-2-10(8-12)13-5-7-16-6-4-11(13)9-15/h1-3,8,11,13,16H,4-7,9,15H2. The quantitative estimate of drug-likeness (QED) is 0.875. The second kappa shape index (κ2) is 5.80. The summed E-state index contributed by atoms with van der Waals surface area (Å²) in [5.41, 5.74) is 7.32. The minimum absolute atomic E-state index is 0.609. The molecule has 1 saturated heterocycles. The zero-order chi connectivity index (χ0) is 11.4. The summed E-state index contributed by atoms with van der Waals surface area (Å²) in [7, 11) is 0. The van der Waals surface area contributed by atoms with Crippen LogP contribution in [-0.4, -0.2) is 19.6 Å². The lowest BCUT2D eigenvalue weighted by Crippen LogP contribution is -2.22. The maximum absolute atomic E-state index is 5.90. The van der Waals surface area contributed by atoms with Crippen LogP contribution in [0.5, 0.6) is 0 Å². The van der Waals surface area contributed by atoms with Crippen LogP contribution in [-0.2, 0) is 0 Å². The first-order valence-electron chi connectivity index (χ1n) is 5.97. The molecule has 0 saturated carbocycles. The zero-order valence-electron chi connectivity index (χ0n) is 9.45. The first kappa shape index (κ1) is 12.1. The lowest BCUT2D eigenvalue weighted by Gasteiger charge is -2.24. The third kappa shape index (κ3) is 2.84. The fourth-order valence-corrected chi connectivity index (χ4v) is 2.98. The highest BCUT2D eigenvalue weighted by atomic mass is 79.9. The van der Waals surface area contributed by atoms with E-state index in [0.29, 0.717) is 11.8 Å². The van der Waals surface area contributed by atoms with Crippen LogP contribution in [0.2, 0.25) is 0 Å². The van der Waals surface area contributed by atoms with Crippen LogP contribution in [0, 0.1) is 5.92 Å². The Bertz CT molecular complexity index is 340. The van der Waals surface area contributed by atoms with Crippen molar-refractivity contribution < 1.29 is 0 Å². The average molecular weight is 283 g/mol. The third-order valence-electron chi connectivity index (χ3n) is 3.47. The Morgan fingerprint density at radius 2 is 2.12 bits per heavy atom. The SMILES string of the molecule is NCC1CCNCCC1c1cccc(Br)c1. The van der Waals surface area contributed by atoms with Crippen LogP contribution in [0.3, 0.4) is 0 Å². The van der Waals surface area contributed by atoms with Crippen LogP contribution in [0.15, 0.2) is 28.7 Å². The first-order valence-corrected chi connectivity index (χ1v) is 6.77. The Kier molecular flexibility index (Phi) is 4.38. The maximum atomic E-state index is 5.90. The Labute approximate surface area is 106 Å². The smallest absolute Gasteiger partial charge is 0.0178 e. The van der Waals surface area contributed by atoms with E-state index in [2.05, 4.69) is 45.5 Å². The van der Waals surface area contributed by atoms with Crippen LogP contribution in [0.4, 0.5) is 0 Å². The molecule has 1 aromatic rings. The average Bonchev–Trinajstić information content (AvgIpc) is 2.53. The summed E-state index contributed by atoms with van der Waals surface area (Å²) >= 11 is 3.54. The number of nitrogens with two attached hydrogens (primary N) is 1. The molecule has 0 amide bonds. The van der Waals surface area contributed by atoms with Gasteiger partial charge in [-0.3, -0.25) is 0 Å². The fourth-order valence-electron chi connectivity index (χ4n) is 2.57. The minimum atomic E-state index is 0.609. The Morgan fingerprint density at radius 3 is 2.88 bits per heavy atom. The highest BCUT2D eigenvalue weighted by molar-refractivity contribution is 9.10. The van der Waals surface area contributed by atoms with Gasteiger partial charge in [0, 0.05) is 4.47 Å². The zero-order valence-corrected chi connectivity index (χ0v) is 11.0. The molecular formula is C13H19BrN2. The lowest BCUT2D eigenvalue weighted by atomic mass is 9.82. The van der Waals surface area contributed by atoms with E-state index >= 15 is 0 Å². The van der Waals surface area contributed by atoms with E-state index < -0.39 is 0 Å². The van der Waals surface area contributed by atoms with Crippen LogP contribution in [0.1, 0.15) is 24.3 Å². The molecule has 1 heterocycles. The molecule has 2 atom stereocenters. The van der Waals surface area contributed by atoms with E-state index in [-0.39, 0.29) is 0 Å². The molecule has 2 rings (SSSR count). The molecule has 2 unspecified atom stereocenters. The fraction of sp³-hybridized carbons (Fsp3) is 0.538. The van der Waals surface area contributed by atoms with Crippen LogP contribution in [0.25, 0.3) is 0 Å². The Hall–Kier alpha value is -0.380. The largest absolute Gasteiger partial charge is 0.330 e. The molecule has 1 aliphatic heterocycles. The normalized spacial score (nSPS) is 26.4. The molecule has 0 bridgehead atoms. The van der Waals surface area contributed by atoms with Gasteiger partial charge in [0.15, 0.2) is 0 Å². The van der Waals surface area contributed by atoms with Gasteiger partial charge in [0.05, 0.1) is 0 Å². The lowest BCUT2D eigenvalue weighted by molar-refractivity contribution is 0.419. The number of halogens is 1. The van der Waals surface area contributed by atoms with Gasteiger partial charge in [0.2, 0.25) is 0 Å². The summed E-state index contributed by atoms with van der Waals surface area (Å²) in [6.07, 6.45) is 2.38. The van der Waals surface area contributed by atoms with E-state index in [0.717, 1.165) is 24.1 Å². The molecule has 1 aliphatic rings. The van der Waals surface area contributed by atoms with Crippen molar-refractivity contribution in [2.75, 3.05) is 19.6 Å². The predicted octanol–water partition coefficient (Wildman–Crippen LogP) is 2.49. The summed E-state index contributed by atoms with van der Waals surface area (Å²) in [4.78, 5) is 0. The van der Waals surface area contributed by atoms with Gasteiger partial charge in [0.25, 0.3) is 0 Å². The second-order valence-corrected chi connectivity index (χ2v) is 5.40. The van der Waals surface area contributed by atoms with Crippen molar-refractivity contribution in [1.29, 1.82) is 0 Å². The van der Waals surface area contributed by atoms with Gasteiger partial charge in [-0.05, 0) is 62.0 Å². The van der Waals surface area contributed by atoms with Crippen molar-refractivity contribution in [1.82, 2.24) is 5.32 Å². The monoisotopic (exact) mass is 282 g/mol. The van der Waals surface area contributed by atoms with Gasteiger partial charge < -0.3 is 11.1 Å². The van der Waals surface area contributed by atoms with Crippen molar-refractivity contribution in [2.45, 2.75) is 18.8 Å². The molecule has 0 aliphatic carbocycles. The second-order valence-electron chi connectivity index (χ2n) is 4.48. The first-order chi connectivity index (χ1) is 7.81. The van der Waals surface area contributed by atoms with E-state index in [9.17, 15) is 0 Å². The molecule has 88 valence electrons. The topological polar surface area (TPSA) is 38.0 Å². The van der Waals surface area contributed by atoms with E-state index in [4.69, 9.17) is 5.73 Å². The number of hydrogen-bond acceptors (Lipinski definition) is 2. The van der Waals surface area contributed by atoms with Gasteiger partial charge in [-0.15, -0.1) is 0 Å². The van der Waals surface area contributed by atoms with E-state index in [1.54, 1.807) is 0 Å². The highest BCUT2D eigenvalue weighted by Gasteiger charge is 2.23. The number of hydrogen-bond donors (Lipinski definition) is 2. The number of rotatable bonds is 2. The maximum Gasteiger partial charge on any atom is 0.0178 e. The molecule has 3 N–H and O–H groups in total. The number of benzene rings is 1. The molecule has 3 heteroatoms. The molecular weight excluding hydrogens is 264 g/mol. The van der Waals surface area contributed by atoms with E-state index in [1.807, 2.05) is 0 Å². The van der Waals surface area contributed by atoms with Crippen molar-refractivity contribution >= 4 is 15.9 Å². The van der Waals surface area contributed by atoms with Gasteiger partial charge in [-0.2, -0.15) is 0 Å². The molecule has 1 fully saturated rings. The Morgan fingerprint density at radius 1 is 1.31 bits per heavy atom. The molecule has 0 aromatic heterocycles. The summed E-state index contributed by atoms with van der Waals surface area (Å²) < 4.78 is 1.16. The molecule has 16 heavy (non-hydrogen) atoms. The third-order valence-corrected chi connectivity index (χ3v) is 3.97. The summed E-state index contributed by atoms with van der Waals surface area (Å²) in [6, 6.07) is 8.66. The van der Waals surface area contributed by atoms with Gasteiger partial charge in [-0.1, -0.05) is 28.1 Å². The highest BCUT2D eigenvalue weighted by Crippen LogP contribution is 2.32. The van der Waals surface area contributed by atoms with Crippen molar-refractivity contribution in [3.05, 3.63) is 34.3 Å². The minimum Gasteiger partial charge on any atom is -0.330 e. The molecule has 2 nitrogen and oxygen atoms in total. The van der Waals surface area contributed by atoms with Crippen molar-refractivity contribution in [3.8, 4) is 0 Å². The van der Waals surface area contributed by atoms with Crippen molar-refractivity contribution in [3.63, 3.8) is 0 Å². The van der Waals surface area contributed by atoms with Crippen LogP contribution >= 0.6 is 15.9 Å². The van der Waals surface area contributed by atoms with Crippen LogP contribution < -0.4 is 11.1 Å². The van der Waals surface area contributed by atoms with Gasteiger partial charge in [0.1, 0.15) is 0 Å². The van der Waals surface area contributed by atoms with Gasteiger partial charge >= 0.3 is 0 Å². The van der Waals surface area contributed by atoms with E-state index in [1.165, 1.54) is 18.4 Å². The summed E-state index contributed by atoms with van der Waals surface area (Å²) in [5, 5.41) is 3.46. The molecule has 0 radical (unpaired) electrons. The van der Waals surface area contributed by atoms with Gasteiger partial charge in [-0.25, -0.2) is 0 Å². The summed E-state index contributed by atoms with van der Waals surface area (Å²) in [6.45, 7) is 3.00. The Balaban J connectivity index is 2.21. The predicted molar refractivity (Wildman–Crippen MR) is 71.5 cm³/mol. The molecule has 0 spiro atoms. The summed E-state index contributed by atoms with van der Waals surface area (Å²) in [5.74, 6) is 1.22. The van der Waals surface area contributed by atoms with Crippen molar-refractivity contribution in [2.24, 2.45) is 11.7 Å².